The van der Waals surface area contributed by atoms with Crippen molar-refractivity contribution in [2.75, 3.05) is 17.6 Å². The summed E-state index contributed by atoms with van der Waals surface area (Å²) in [5, 5.41) is 14.9. The van der Waals surface area contributed by atoms with Crippen molar-refractivity contribution in [1.29, 1.82) is 0 Å². The lowest BCUT2D eigenvalue weighted by atomic mass is 9.80. The number of nitrogens with one attached hydrogen (secondary N) is 1. The van der Waals surface area contributed by atoms with Crippen LogP contribution in [0.1, 0.15) is 50.8 Å². The van der Waals surface area contributed by atoms with Gasteiger partial charge in [0.15, 0.2) is 0 Å². The SMILES string of the molecule is CC(C)(Nc1nc(N)c([N+](=O)[O-])c(CC2CCC(CN)CC2)n1)c1ccccc1. The fraction of sp³-hybridized carbons (Fsp3) is 0.524. The van der Waals surface area contributed by atoms with E-state index in [1.165, 1.54) is 0 Å². The van der Waals surface area contributed by atoms with Crippen LogP contribution in [0.25, 0.3) is 0 Å². The molecule has 1 fully saturated rings. The quantitative estimate of drug-likeness (QED) is 0.479. The number of nitrogens with zero attached hydrogens (tertiary/aromatic N) is 3. The number of hydrogen-bond acceptors (Lipinski definition) is 7. The summed E-state index contributed by atoms with van der Waals surface area (Å²) in [7, 11) is 0. The van der Waals surface area contributed by atoms with Gasteiger partial charge in [-0.2, -0.15) is 4.98 Å². The maximum Gasteiger partial charge on any atom is 0.332 e. The van der Waals surface area contributed by atoms with Gasteiger partial charge in [-0.25, -0.2) is 4.98 Å². The number of aromatic nitrogens is 2. The summed E-state index contributed by atoms with van der Waals surface area (Å²) in [4.78, 5) is 19.9. The van der Waals surface area contributed by atoms with Gasteiger partial charge in [0.2, 0.25) is 11.8 Å². The highest BCUT2D eigenvalue weighted by atomic mass is 16.6. The topological polar surface area (TPSA) is 133 Å². The number of benzene rings is 1. The van der Waals surface area contributed by atoms with Gasteiger partial charge in [0.05, 0.1) is 10.5 Å². The van der Waals surface area contributed by atoms with Crippen LogP contribution in [0, 0.1) is 22.0 Å². The number of nitrogens with two attached hydrogens (primary N) is 2. The van der Waals surface area contributed by atoms with Crippen molar-refractivity contribution in [3.05, 3.63) is 51.7 Å². The van der Waals surface area contributed by atoms with Crippen molar-refractivity contribution in [2.45, 2.75) is 51.5 Å². The molecule has 5 N–H and O–H groups in total. The minimum absolute atomic E-state index is 0.0954. The number of anilines is 2. The Labute approximate surface area is 171 Å². The van der Waals surface area contributed by atoms with E-state index in [9.17, 15) is 10.1 Å². The lowest BCUT2D eigenvalue weighted by Crippen LogP contribution is -2.29. The third kappa shape index (κ3) is 5.00. The maximum atomic E-state index is 11.6. The first-order chi connectivity index (χ1) is 13.8. The van der Waals surface area contributed by atoms with E-state index in [4.69, 9.17) is 11.5 Å². The highest BCUT2D eigenvalue weighted by Crippen LogP contribution is 2.34. The lowest BCUT2D eigenvalue weighted by molar-refractivity contribution is -0.385. The van der Waals surface area contributed by atoms with Gasteiger partial charge in [-0.05, 0) is 69.9 Å². The Morgan fingerprint density at radius 3 is 2.34 bits per heavy atom. The fourth-order valence-corrected chi connectivity index (χ4v) is 4.07. The summed E-state index contributed by atoms with van der Waals surface area (Å²) in [5.41, 5.74) is 12.6. The lowest BCUT2D eigenvalue weighted by Gasteiger charge is -2.28. The zero-order valence-corrected chi connectivity index (χ0v) is 17.1. The van der Waals surface area contributed by atoms with Crippen LogP contribution in [-0.2, 0) is 12.0 Å². The molecule has 156 valence electrons. The number of rotatable bonds is 7. The smallest absolute Gasteiger partial charge is 0.332 e. The van der Waals surface area contributed by atoms with E-state index in [0.717, 1.165) is 31.2 Å². The van der Waals surface area contributed by atoms with E-state index < -0.39 is 10.5 Å². The van der Waals surface area contributed by atoms with E-state index in [-0.39, 0.29) is 11.5 Å². The molecule has 1 aliphatic carbocycles. The molecule has 29 heavy (non-hydrogen) atoms. The molecular formula is C21H30N6O2. The standard InChI is InChI=1S/C21H30N6O2/c1-21(2,16-6-4-3-5-7-16)26-20-24-17(18(27(28)29)19(23)25-20)12-14-8-10-15(13-22)11-9-14/h3-7,14-15H,8-13,22H2,1-2H3,(H3,23,24,25,26). The van der Waals surface area contributed by atoms with E-state index in [1.54, 1.807) is 0 Å². The largest absolute Gasteiger partial charge is 0.378 e. The molecule has 3 rings (SSSR count). The molecule has 1 saturated carbocycles. The molecule has 0 amide bonds. The van der Waals surface area contributed by atoms with Gasteiger partial charge in [0.25, 0.3) is 0 Å². The Morgan fingerprint density at radius 2 is 1.76 bits per heavy atom. The number of hydrogen-bond donors (Lipinski definition) is 3. The third-order valence-corrected chi connectivity index (χ3v) is 5.87. The minimum atomic E-state index is -0.470. The Balaban J connectivity index is 1.85. The predicted octanol–water partition coefficient (Wildman–Crippen LogP) is 3.62. The monoisotopic (exact) mass is 398 g/mol. The summed E-state index contributed by atoms with van der Waals surface area (Å²) >= 11 is 0. The second-order valence-electron chi connectivity index (χ2n) is 8.43. The molecule has 1 heterocycles. The Kier molecular flexibility index (Phi) is 6.32. The first-order valence-corrected chi connectivity index (χ1v) is 10.1. The van der Waals surface area contributed by atoms with Gasteiger partial charge in [0, 0.05) is 0 Å². The van der Waals surface area contributed by atoms with E-state index in [2.05, 4.69) is 15.3 Å². The highest BCUT2D eigenvalue weighted by molar-refractivity contribution is 5.58. The molecule has 0 atom stereocenters. The van der Waals surface area contributed by atoms with Crippen LogP contribution in [0.4, 0.5) is 17.5 Å². The molecule has 0 bridgehead atoms. The first-order valence-electron chi connectivity index (χ1n) is 10.1. The van der Waals surface area contributed by atoms with Crippen molar-refractivity contribution in [2.24, 2.45) is 17.6 Å². The molecule has 8 heteroatoms. The zero-order chi connectivity index (χ0) is 21.0. The van der Waals surface area contributed by atoms with Crippen molar-refractivity contribution >= 4 is 17.5 Å². The number of nitro groups is 1. The van der Waals surface area contributed by atoms with Crippen LogP contribution in [0.5, 0.6) is 0 Å². The van der Waals surface area contributed by atoms with Crippen molar-refractivity contribution in [3.63, 3.8) is 0 Å². The van der Waals surface area contributed by atoms with Gasteiger partial charge in [0.1, 0.15) is 5.69 Å². The van der Waals surface area contributed by atoms with Crippen molar-refractivity contribution < 1.29 is 4.92 Å². The molecule has 1 aliphatic rings. The van der Waals surface area contributed by atoms with Crippen LogP contribution >= 0.6 is 0 Å². The summed E-state index contributed by atoms with van der Waals surface area (Å²) in [5.74, 6) is 1.12. The summed E-state index contributed by atoms with van der Waals surface area (Å²) in [6.07, 6.45) is 4.65. The molecular weight excluding hydrogens is 368 g/mol. The van der Waals surface area contributed by atoms with Crippen LogP contribution < -0.4 is 16.8 Å². The molecule has 0 saturated heterocycles. The normalized spacial score (nSPS) is 19.7. The minimum Gasteiger partial charge on any atom is -0.378 e. The van der Waals surface area contributed by atoms with Gasteiger partial charge in [-0.1, -0.05) is 30.3 Å². The average Bonchev–Trinajstić information content (AvgIpc) is 2.68. The van der Waals surface area contributed by atoms with E-state index >= 15 is 0 Å². The summed E-state index contributed by atoms with van der Waals surface area (Å²) < 4.78 is 0. The van der Waals surface area contributed by atoms with Gasteiger partial charge in [-0.15, -0.1) is 0 Å². The molecule has 0 radical (unpaired) electrons. The van der Waals surface area contributed by atoms with Gasteiger partial charge >= 0.3 is 5.69 Å². The third-order valence-electron chi connectivity index (χ3n) is 5.87. The predicted molar refractivity (Wildman–Crippen MR) is 114 cm³/mol. The molecule has 2 aromatic rings. The molecule has 8 nitrogen and oxygen atoms in total. The fourth-order valence-electron chi connectivity index (χ4n) is 4.07. The second-order valence-corrected chi connectivity index (χ2v) is 8.43. The first kappa shape index (κ1) is 21.0. The van der Waals surface area contributed by atoms with Gasteiger partial charge in [-0.3, -0.25) is 10.1 Å². The van der Waals surface area contributed by atoms with E-state index in [1.807, 2.05) is 44.2 Å². The van der Waals surface area contributed by atoms with Crippen LogP contribution in [0.15, 0.2) is 30.3 Å². The Hall–Kier alpha value is -2.74. The maximum absolute atomic E-state index is 11.6. The average molecular weight is 399 g/mol. The molecule has 0 aliphatic heterocycles. The van der Waals surface area contributed by atoms with Crippen molar-refractivity contribution in [3.8, 4) is 0 Å². The molecule has 1 aromatic heterocycles. The Bertz CT molecular complexity index is 848. The van der Waals surface area contributed by atoms with E-state index in [0.29, 0.717) is 36.4 Å². The second kappa shape index (κ2) is 8.73. The highest BCUT2D eigenvalue weighted by Gasteiger charge is 2.29. The molecule has 0 spiro atoms. The number of nitrogen functional groups attached to an aromatic ring is 1. The van der Waals surface area contributed by atoms with Crippen LogP contribution in [-0.4, -0.2) is 21.4 Å². The summed E-state index contributed by atoms with van der Waals surface area (Å²) in [6, 6.07) is 9.91. The zero-order valence-electron chi connectivity index (χ0n) is 17.1. The van der Waals surface area contributed by atoms with Crippen LogP contribution in [0.2, 0.25) is 0 Å². The molecule has 1 aromatic carbocycles. The summed E-state index contributed by atoms with van der Waals surface area (Å²) in [6.45, 7) is 4.73. The van der Waals surface area contributed by atoms with Crippen LogP contribution in [0.3, 0.4) is 0 Å². The van der Waals surface area contributed by atoms with Crippen molar-refractivity contribution in [1.82, 2.24) is 9.97 Å². The molecule has 0 unspecified atom stereocenters. The Morgan fingerprint density at radius 1 is 1.14 bits per heavy atom. The van der Waals surface area contributed by atoms with Gasteiger partial charge < -0.3 is 16.8 Å².